The summed E-state index contributed by atoms with van der Waals surface area (Å²) in [6.07, 6.45) is 5.51. The Balaban J connectivity index is 1.82. The number of aromatic nitrogens is 3. The second-order valence-electron chi connectivity index (χ2n) is 6.48. The van der Waals surface area contributed by atoms with Gasteiger partial charge in [-0.1, -0.05) is 12.1 Å². The smallest absolute Gasteiger partial charge is 0.0998 e. The lowest BCUT2D eigenvalue weighted by molar-refractivity contribution is 0.281. The summed E-state index contributed by atoms with van der Waals surface area (Å²) in [6, 6.07) is 13.9. The fourth-order valence-corrected chi connectivity index (χ4v) is 3.26. The van der Waals surface area contributed by atoms with E-state index in [4.69, 9.17) is 10.4 Å². The molecule has 0 N–H and O–H groups in total. The summed E-state index contributed by atoms with van der Waals surface area (Å²) in [5.74, 6) is 0. The van der Waals surface area contributed by atoms with Gasteiger partial charge >= 0.3 is 0 Å². The summed E-state index contributed by atoms with van der Waals surface area (Å²) in [5, 5.41) is 16.1. The van der Waals surface area contributed by atoms with Crippen LogP contribution in [0.2, 0.25) is 0 Å². The van der Waals surface area contributed by atoms with Crippen molar-refractivity contribution in [2.75, 3.05) is 38.2 Å². The molecule has 1 saturated heterocycles. The van der Waals surface area contributed by atoms with Gasteiger partial charge in [0.25, 0.3) is 0 Å². The molecule has 0 amide bonds. The number of piperazine rings is 1. The Morgan fingerprint density at radius 2 is 1.62 bits per heavy atom. The molecule has 1 fully saturated rings. The van der Waals surface area contributed by atoms with Crippen LogP contribution < -0.4 is 5.01 Å². The largest absolute Gasteiger partial charge is 0.303 e. The summed E-state index contributed by atoms with van der Waals surface area (Å²) in [6.45, 7) is 3.88. The minimum absolute atomic E-state index is 0.657. The molecule has 0 atom stereocenters. The Labute approximate surface area is 152 Å². The first-order valence-corrected chi connectivity index (χ1v) is 8.69. The van der Waals surface area contributed by atoms with E-state index in [1.807, 2.05) is 47.4 Å². The summed E-state index contributed by atoms with van der Waals surface area (Å²) < 4.78 is 0. The van der Waals surface area contributed by atoms with Gasteiger partial charge in [0.1, 0.15) is 0 Å². The van der Waals surface area contributed by atoms with Gasteiger partial charge in [0.15, 0.2) is 0 Å². The van der Waals surface area contributed by atoms with Gasteiger partial charge in [0.2, 0.25) is 0 Å². The zero-order valence-electron chi connectivity index (χ0n) is 14.7. The molecule has 0 unspecified atom stereocenters. The fraction of sp³-hybridized carbons (Fsp3) is 0.250. The van der Waals surface area contributed by atoms with Crippen LogP contribution in [0.5, 0.6) is 0 Å². The molecule has 2 aromatic heterocycles. The molecule has 4 rings (SSSR count). The zero-order valence-corrected chi connectivity index (χ0v) is 14.7. The topological polar surface area (TPSA) is 61.0 Å². The van der Waals surface area contributed by atoms with Crippen molar-refractivity contribution in [2.24, 2.45) is 0 Å². The van der Waals surface area contributed by atoms with Gasteiger partial charge < -0.3 is 4.90 Å². The van der Waals surface area contributed by atoms with Crippen LogP contribution in [0.25, 0.3) is 22.4 Å². The van der Waals surface area contributed by atoms with E-state index >= 15 is 0 Å². The number of benzene rings is 1. The lowest BCUT2D eigenvalue weighted by Gasteiger charge is -2.34. The standard InChI is InChI=1S/C20H20N6/c1-24-10-12-25(13-11-24)26-20(18-4-2-16(14-21)3-5-18)19(15-23-26)17-6-8-22-9-7-17/h2-9,15H,10-13H2,1H3. The lowest BCUT2D eigenvalue weighted by atomic mass is 10.0. The number of hydrogen-bond donors (Lipinski definition) is 0. The molecule has 0 spiro atoms. The van der Waals surface area contributed by atoms with Gasteiger partial charge in [-0.05, 0) is 36.9 Å². The first-order valence-electron chi connectivity index (χ1n) is 8.69. The molecule has 1 aliphatic heterocycles. The Kier molecular flexibility index (Phi) is 4.38. The quantitative estimate of drug-likeness (QED) is 0.730. The zero-order chi connectivity index (χ0) is 17.9. The third-order valence-electron chi connectivity index (χ3n) is 4.78. The van der Waals surface area contributed by atoms with Crippen LogP contribution in [0, 0.1) is 11.3 Å². The Hall–Kier alpha value is -3.17. The second kappa shape index (κ2) is 6.98. The molecular weight excluding hydrogens is 324 g/mol. The molecule has 3 aromatic rings. The van der Waals surface area contributed by atoms with E-state index in [0.717, 1.165) is 48.6 Å². The molecule has 3 heterocycles. The molecule has 0 saturated carbocycles. The van der Waals surface area contributed by atoms with Crippen molar-refractivity contribution in [3.05, 3.63) is 60.6 Å². The van der Waals surface area contributed by atoms with Crippen molar-refractivity contribution >= 4 is 0 Å². The highest BCUT2D eigenvalue weighted by molar-refractivity contribution is 5.81. The molecule has 0 aliphatic carbocycles. The molecule has 0 bridgehead atoms. The maximum atomic E-state index is 9.09. The molecule has 6 heteroatoms. The normalized spacial score (nSPS) is 15.0. The van der Waals surface area contributed by atoms with Crippen molar-refractivity contribution in [3.8, 4) is 28.5 Å². The predicted octanol–water partition coefficient (Wildman–Crippen LogP) is 2.37. The van der Waals surface area contributed by atoms with Gasteiger partial charge in [-0.3, -0.25) is 9.99 Å². The predicted molar refractivity (Wildman–Crippen MR) is 101 cm³/mol. The van der Waals surface area contributed by atoms with Crippen LogP contribution in [0.3, 0.4) is 0 Å². The number of likely N-dealkylation sites (N-methyl/N-ethyl adjacent to an activating group) is 1. The molecule has 1 aliphatic rings. The van der Waals surface area contributed by atoms with Crippen molar-refractivity contribution < 1.29 is 0 Å². The molecular formula is C20H20N6. The summed E-state index contributed by atoms with van der Waals surface area (Å²) in [4.78, 5) is 8.46. The molecule has 1 aromatic carbocycles. The van der Waals surface area contributed by atoms with Crippen LogP contribution in [0.1, 0.15) is 5.56 Å². The van der Waals surface area contributed by atoms with Crippen LogP contribution >= 0.6 is 0 Å². The van der Waals surface area contributed by atoms with Crippen molar-refractivity contribution in [2.45, 2.75) is 0 Å². The van der Waals surface area contributed by atoms with E-state index in [0.29, 0.717) is 5.56 Å². The van der Waals surface area contributed by atoms with Gasteiger partial charge in [-0.2, -0.15) is 15.2 Å². The van der Waals surface area contributed by atoms with E-state index in [1.165, 1.54) is 0 Å². The van der Waals surface area contributed by atoms with Crippen molar-refractivity contribution in [1.82, 2.24) is 19.8 Å². The lowest BCUT2D eigenvalue weighted by Crippen LogP contribution is -2.50. The Morgan fingerprint density at radius 1 is 0.923 bits per heavy atom. The highest BCUT2D eigenvalue weighted by Gasteiger charge is 2.21. The van der Waals surface area contributed by atoms with Gasteiger partial charge in [0, 0.05) is 49.7 Å². The molecule has 0 radical (unpaired) electrons. The maximum Gasteiger partial charge on any atom is 0.0998 e. The second-order valence-corrected chi connectivity index (χ2v) is 6.48. The van der Waals surface area contributed by atoms with Crippen molar-refractivity contribution in [3.63, 3.8) is 0 Å². The monoisotopic (exact) mass is 344 g/mol. The minimum Gasteiger partial charge on any atom is -0.303 e. The van der Waals surface area contributed by atoms with E-state index in [2.05, 4.69) is 28.0 Å². The number of nitrogens with zero attached hydrogens (tertiary/aromatic N) is 6. The minimum atomic E-state index is 0.657. The Morgan fingerprint density at radius 3 is 2.27 bits per heavy atom. The van der Waals surface area contributed by atoms with Crippen LogP contribution in [0.15, 0.2) is 55.0 Å². The summed E-state index contributed by atoms with van der Waals surface area (Å²) in [5.41, 5.74) is 4.90. The number of pyridine rings is 1. The van der Waals surface area contributed by atoms with Gasteiger partial charge in [0.05, 0.1) is 23.5 Å². The van der Waals surface area contributed by atoms with Crippen LogP contribution in [0.4, 0.5) is 0 Å². The highest BCUT2D eigenvalue weighted by Crippen LogP contribution is 2.32. The van der Waals surface area contributed by atoms with Crippen LogP contribution in [-0.4, -0.2) is 53.0 Å². The number of nitriles is 1. The number of hydrogen-bond acceptors (Lipinski definition) is 5. The highest BCUT2D eigenvalue weighted by atomic mass is 15.7. The van der Waals surface area contributed by atoms with Crippen LogP contribution in [-0.2, 0) is 0 Å². The van der Waals surface area contributed by atoms with E-state index < -0.39 is 0 Å². The third kappa shape index (κ3) is 3.05. The summed E-state index contributed by atoms with van der Waals surface area (Å²) in [7, 11) is 2.14. The number of rotatable bonds is 3. The molecule has 26 heavy (non-hydrogen) atoms. The van der Waals surface area contributed by atoms with E-state index in [1.54, 1.807) is 12.4 Å². The van der Waals surface area contributed by atoms with Gasteiger partial charge in [-0.15, -0.1) is 0 Å². The SMILES string of the molecule is CN1CCN(n2ncc(-c3ccncc3)c2-c2ccc(C#N)cc2)CC1. The first kappa shape index (κ1) is 16.3. The third-order valence-corrected chi connectivity index (χ3v) is 4.78. The Bertz CT molecular complexity index is 915. The maximum absolute atomic E-state index is 9.09. The first-order chi connectivity index (χ1) is 12.8. The fourth-order valence-electron chi connectivity index (χ4n) is 3.26. The molecule has 6 nitrogen and oxygen atoms in total. The van der Waals surface area contributed by atoms with Crippen molar-refractivity contribution in [1.29, 1.82) is 5.26 Å². The van der Waals surface area contributed by atoms with E-state index in [-0.39, 0.29) is 0 Å². The average molecular weight is 344 g/mol. The van der Waals surface area contributed by atoms with E-state index in [9.17, 15) is 0 Å². The average Bonchev–Trinajstić information content (AvgIpc) is 3.14. The van der Waals surface area contributed by atoms with Gasteiger partial charge in [-0.25, -0.2) is 0 Å². The molecule has 130 valence electrons. The summed E-state index contributed by atoms with van der Waals surface area (Å²) >= 11 is 0.